The fraction of sp³-hybridized carbons (Fsp3) is 0.222. The van der Waals surface area contributed by atoms with Crippen LogP contribution >= 0.6 is 11.8 Å². The smallest absolute Gasteiger partial charge is 0.286 e. The molecule has 1 amide bonds. The number of rotatable bonds is 3. The van der Waals surface area contributed by atoms with Crippen LogP contribution in [-0.4, -0.2) is 51.1 Å². The topological polar surface area (TPSA) is 72.9 Å². The summed E-state index contributed by atoms with van der Waals surface area (Å²) in [5.74, 6) is 0.417. The van der Waals surface area contributed by atoms with Crippen molar-refractivity contribution < 1.29 is 13.9 Å². The van der Waals surface area contributed by atoms with Crippen molar-refractivity contribution in [1.29, 1.82) is 0 Å². The summed E-state index contributed by atoms with van der Waals surface area (Å²) < 4.78 is 13.8. The molecule has 1 fully saturated rings. The second kappa shape index (κ2) is 8.87. The van der Waals surface area contributed by atoms with Crippen LogP contribution in [0.15, 0.2) is 81.2 Å². The molecular formula is C27H24N4O3S. The summed E-state index contributed by atoms with van der Waals surface area (Å²) in [6, 6.07) is 19.7. The molecule has 2 aliphatic rings. The highest BCUT2D eigenvalue weighted by Gasteiger charge is 2.31. The molecule has 8 heteroatoms. The Morgan fingerprint density at radius 2 is 1.77 bits per heavy atom. The van der Waals surface area contributed by atoms with Crippen LogP contribution < -0.4 is 0 Å². The van der Waals surface area contributed by atoms with E-state index >= 15 is 0 Å². The number of para-hydroxylation sites is 2. The van der Waals surface area contributed by atoms with E-state index in [9.17, 15) is 4.79 Å². The van der Waals surface area contributed by atoms with Crippen molar-refractivity contribution in [3.63, 3.8) is 0 Å². The van der Waals surface area contributed by atoms with Gasteiger partial charge in [0, 0.05) is 30.2 Å². The van der Waals surface area contributed by atoms with Gasteiger partial charge in [-0.2, -0.15) is 10.1 Å². The minimum absolute atomic E-state index is 0.0916. The van der Waals surface area contributed by atoms with E-state index in [1.165, 1.54) is 11.8 Å². The maximum atomic E-state index is 12.9. The number of morpholine rings is 1. The Morgan fingerprint density at radius 1 is 1.03 bits per heavy atom. The molecule has 2 aromatic heterocycles. The summed E-state index contributed by atoms with van der Waals surface area (Å²) >= 11 is 1.40. The highest BCUT2D eigenvalue weighted by atomic mass is 32.2. The number of thioether (sulfide) groups is 1. The zero-order chi connectivity index (χ0) is 23.9. The number of carbonyl (C=O) groups excluding carboxylic acids is 1. The van der Waals surface area contributed by atoms with Crippen LogP contribution in [0.25, 0.3) is 34.2 Å². The second-order valence-electron chi connectivity index (χ2n) is 8.83. The summed E-state index contributed by atoms with van der Waals surface area (Å²) in [6.07, 6.45) is 3.98. The van der Waals surface area contributed by atoms with Gasteiger partial charge in [0.05, 0.1) is 22.8 Å². The van der Waals surface area contributed by atoms with Crippen molar-refractivity contribution in [3.05, 3.63) is 77.3 Å². The van der Waals surface area contributed by atoms with Gasteiger partial charge in [-0.1, -0.05) is 36.4 Å². The highest BCUT2D eigenvalue weighted by Crippen LogP contribution is 2.35. The molecular weight excluding hydrogens is 460 g/mol. The molecule has 0 bridgehead atoms. The summed E-state index contributed by atoms with van der Waals surface area (Å²) in [5.41, 5.74) is 3.19. The van der Waals surface area contributed by atoms with Crippen LogP contribution in [0.4, 0.5) is 0 Å². The van der Waals surface area contributed by atoms with E-state index < -0.39 is 0 Å². The predicted octanol–water partition coefficient (Wildman–Crippen LogP) is 5.37. The molecule has 4 aromatic rings. The van der Waals surface area contributed by atoms with Crippen molar-refractivity contribution in [1.82, 2.24) is 14.7 Å². The van der Waals surface area contributed by atoms with E-state index in [2.05, 4.69) is 9.89 Å². The number of ether oxygens (including phenoxy) is 1. The maximum absolute atomic E-state index is 12.9. The number of furan rings is 1. The zero-order valence-corrected chi connectivity index (χ0v) is 20.2. The van der Waals surface area contributed by atoms with Crippen molar-refractivity contribution in [3.8, 4) is 17.1 Å². The molecule has 0 aliphatic carbocycles. The summed E-state index contributed by atoms with van der Waals surface area (Å²) in [7, 11) is 0. The van der Waals surface area contributed by atoms with Gasteiger partial charge in [-0.05, 0) is 56.0 Å². The molecule has 2 atom stereocenters. The van der Waals surface area contributed by atoms with E-state index in [0.717, 1.165) is 27.4 Å². The van der Waals surface area contributed by atoms with Gasteiger partial charge >= 0.3 is 0 Å². The lowest BCUT2D eigenvalue weighted by Crippen LogP contribution is -2.47. The van der Waals surface area contributed by atoms with Gasteiger partial charge in [-0.15, -0.1) is 0 Å². The third-order valence-corrected chi connectivity index (χ3v) is 7.05. The van der Waals surface area contributed by atoms with E-state index in [-0.39, 0.29) is 18.1 Å². The Hall–Kier alpha value is -3.62. The number of benzene rings is 2. The van der Waals surface area contributed by atoms with Gasteiger partial charge in [0.1, 0.15) is 11.3 Å². The van der Waals surface area contributed by atoms with Crippen molar-refractivity contribution in [2.45, 2.75) is 26.1 Å². The molecule has 0 unspecified atom stereocenters. The maximum Gasteiger partial charge on any atom is 0.286 e. The van der Waals surface area contributed by atoms with E-state index in [1.54, 1.807) is 0 Å². The Bertz CT molecular complexity index is 1430. The monoisotopic (exact) mass is 484 g/mol. The molecule has 2 aliphatic heterocycles. The molecule has 0 radical (unpaired) electrons. The fourth-order valence-corrected chi connectivity index (χ4v) is 5.43. The molecule has 0 N–H and O–H groups in total. The minimum Gasteiger partial charge on any atom is -0.454 e. The SMILES string of the molecule is C[C@@H]1CN(C2=NC(=O)/C(=C\c3cn(-c4ccccc4)nc3-c3cc4ccccc4o3)S2)C[C@@H](C)O1. The molecule has 4 heterocycles. The lowest BCUT2D eigenvalue weighted by atomic mass is 10.2. The molecule has 0 spiro atoms. The first-order chi connectivity index (χ1) is 17.0. The van der Waals surface area contributed by atoms with Gasteiger partial charge in [0.15, 0.2) is 10.9 Å². The summed E-state index contributed by atoms with van der Waals surface area (Å²) in [4.78, 5) is 19.9. The molecule has 6 rings (SSSR count). The van der Waals surface area contributed by atoms with Gasteiger partial charge in [0.25, 0.3) is 5.91 Å². The molecule has 2 aromatic carbocycles. The van der Waals surface area contributed by atoms with Crippen LogP contribution in [0, 0.1) is 0 Å². The molecule has 35 heavy (non-hydrogen) atoms. The number of aliphatic imine (C=N–C) groups is 1. The van der Waals surface area contributed by atoms with Crippen molar-refractivity contribution in [2.75, 3.05) is 13.1 Å². The second-order valence-corrected chi connectivity index (χ2v) is 9.84. The van der Waals surface area contributed by atoms with Gasteiger partial charge in [-0.3, -0.25) is 4.79 Å². The number of fused-ring (bicyclic) bond motifs is 1. The first-order valence-corrected chi connectivity index (χ1v) is 12.4. The van der Waals surface area contributed by atoms with Gasteiger partial charge in [-0.25, -0.2) is 4.68 Å². The van der Waals surface area contributed by atoms with Gasteiger partial charge < -0.3 is 14.1 Å². The first kappa shape index (κ1) is 21.9. The number of aromatic nitrogens is 2. The fourth-order valence-electron chi connectivity index (χ4n) is 4.50. The number of hydrogen-bond donors (Lipinski definition) is 0. The third-order valence-electron chi connectivity index (χ3n) is 6.01. The van der Waals surface area contributed by atoms with Crippen LogP contribution in [-0.2, 0) is 9.53 Å². The number of nitrogens with zero attached hydrogens (tertiary/aromatic N) is 4. The van der Waals surface area contributed by atoms with Crippen LogP contribution in [0.5, 0.6) is 0 Å². The Balaban J connectivity index is 1.38. The largest absolute Gasteiger partial charge is 0.454 e. The predicted molar refractivity (Wildman–Crippen MR) is 138 cm³/mol. The Kier molecular flexibility index (Phi) is 5.54. The number of amides is 1. The molecule has 176 valence electrons. The number of carbonyl (C=O) groups is 1. The molecule has 7 nitrogen and oxygen atoms in total. The summed E-state index contributed by atoms with van der Waals surface area (Å²) in [5, 5.41) is 6.56. The normalized spacial score (nSPS) is 21.8. The summed E-state index contributed by atoms with van der Waals surface area (Å²) in [6.45, 7) is 5.51. The lowest BCUT2D eigenvalue weighted by molar-refractivity contribution is -0.113. The van der Waals surface area contributed by atoms with Gasteiger partial charge in [0.2, 0.25) is 0 Å². The first-order valence-electron chi connectivity index (χ1n) is 11.6. The minimum atomic E-state index is -0.236. The van der Waals surface area contributed by atoms with E-state index in [1.807, 2.05) is 91.5 Å². The average molecular weight is 485 g/mol. The Morgan fingerprint density at radius 3 is 2.54 bits per heavy atom. The quantitative estimate of drug-likeness (QED) is 0.364. The molecule has 0 saturated carbocycles. The average Bonchev–Trinajstić information content (AvgIpc) is 3.56. The van der Waals surface area contributed by atoms with Crippen molar-refractivity contribution in [2.24, 2.45) is 4.99 Å². The van der Waals surface area contributed by atoms with Crippen LogP contribution in [0.3, 0.4) is 0 Å². The lowest BCUT2D eigenvalue weighted by Gasteiger charge is -2.35. The standard InChI is InChI=1S/C27H24N4O3S/c1-17-14-30(15-18(2)33-17)27-28-26(32)24(35-27)13-20-16-31(21-9-4-3-5-10-21)29-25(20)23-12-19-8-6-7-11-22(19)34-23/h3-13,16-18H,14-15H2,1-2H3/b24-13+/t17-,18-/m1/s1. The van der Waals surface area contributed by atoms with Crippen molar-refractivity contribution >= 4 is 39.9 Å². The third kappa shape index (κ3) is 4.31. The Labute approximate surface area is 207 Å². The van der Waals surface area contributed by atoms with E-state index in [0.29, 0.717) is 29.4 Å². The van der Waals surface area contributed by atoms with Crippen LogP contribution in [0.1, 0.15) is 19.4 Å². The zero-order valence-electron chi connectivity index (χ0n) is 19.4. The number of hydrogen-bond acceptors (Lipinski definition) is 6. The van der Waals surface area contributed by atoms with E-state index in [4.69, 9.17) is 14.3 Å². The number of amidine groups is 1. The molecule has 1 saturated heterocycles. The van der Waals surface area contributed by atoms with Crippen LogP contribution in [0.2, 0.25) is 0 Å². The highest BCUT2D eigenvalue weighted by molar-refractivity contribution is 8.18.